The monoisotopic (exact) mass is 314 g/mol. The molecule has 0 radical (unpaired) electrons. The van der Waals surface area contributed by atoms with E-state index in [0.717, 1.165) is 24.2 Å². The minimum absolute atomic E-state index is 0.0861. The Morgan fingerprint density at radius 3 is 2.39 bits per heavy atom. The first-order valence-corrected chi connectivity index (χ1v) is 7.13. The van der Waals surface area contributed by atoms with Gasteiger partial charge in [-0.2, -0.15) is 0 Å². The molecule has 3 nitrogen and oxygen atoms in total. The lowest BCUT2D eigenvalue weighted by atomic mass is 9.99. The predicted molar refractivity (Wildman–Crippen MR) is 79.7 cm³/mol. The highest BCUT2D eigenvalue weighted by Gasteiger charge is 2.22. The maximum absolute atomic E-state index is 6.16. The van der Waals surface area contributed by atoms with Crippen LogP contribution < -0.4 is 5.73 Å². The summed E-state index contributed by atoms with van der Waals surface area (Å²) in [5.41, 5.74) is 7.42. The van der Waals surface area contributed by atoms with Crippen LogP contribution in [0.4, 0.5) is 0 Å². The first-order chi connectivity index (χ1) is 8.60. The van der Waals surface area contributed by atoms with Crippen molar-refractivity contribution < 1.29 is 4.74 Å². The third-order valence-electron chi connectivity index (χ3n) is 3.09. The molecule has 1 aromatic rings. The Morgan fingerprint density at radius 2 is 1.94 bits per heavy atom. The van der Waals surface area contributed by atoms with Crippen LogP contribution >= 0.6 is 15.9 Å². The van der Waals surface area contributed by atoms with E-state index in [0.29, 0.717) is 0 Å². The van der Waals surface area contributed by atoms with Crippen molar-refractivity contribution in [2.24, 2.45) is 5.73 Å². The summed E-state index contributed by atoms with van der Waals surface area (Å²) < 4.78 is 6.26. The Hall–Kier alpha value is -0.420. The zero-order valence-electron chi connectivity index (χ0n) is 11.4. The molecule has 0 bridgehead atoms. The second-order valence-electron chi connectivity index (χ2n) is 4.48. The van der Waals surface area contributed by atoms with E-state index in [1.165, 1.54) is 5.56 Å². The number of methoxy groups -OCH3 is 1. The van der Waals surface area contributed by atoms with E-state index < -0.39 is 0 Å². The van der Waals surface area contributed by atoms with E-state index in [2.05, 4.69) is 58.9 Å². The Balaban J connectivity index is 2.89. The lowest BCUT2D eigenvalue weighted by Gasteiger charge is -2.33. The third kappa shape index (κ3) is 4.35. The summed E-state index contributed by atoms with van der Waals surface area (Å²) in [5, 5.41) is 0. The number of hydrogen-bond donors (Lipinski definition) is 1. The summed E-state index contributed by atoms with van der Waals surface area (Å²) in [6.45, 7) is 6.81. The number of nitrogens with two attached hydrogens (primary N) is 1. The fraction of sp³-hybridized carbons (Fsp3) is 0.571. The molecule has 2 unspecified atom stereocenters. The van der Waals surface area contributed by atoms with Crippen LogP contribution in [0.5, 0.6) is 0 Å². The molecule has 0 aliphatic heterocycles. The number of ether oxygens (including phenoxy) is 1. The van der Waals surface area contributed by atoms with Crippen molar-refractivity contribution in [3.8, 4) is 0 Å². The van der Waals surface area contributed by atoms with Gasteiger partial charge in [0.1, 0.15) is 0 Å². The van der Waals surface area contributed by atoms with Crippen LogP contribution in [0.3, 0.4) is 0 Å². The number of halogens is 1. The molecule has 4 heteroatoms. The Kier molecular flexibility index (Phi) is 6.86. The molecule has 0 amide bonds. The molecule has 0 aliphatic rings. The number of likely N-dealkylation sites (N-methyl/N-ethyl adjacent to an activating group) is 1. The quantitative estimate of drug-likeness (QED) is 0.841. The lowest BCUT2D eigenvalue weighted by molar-refractivity contribution is 0.115. The fourth-order valence-electron chi connectivity index (χ4n) is 2.21. The van der Waals surface area contributed by atoms with Crippen molar-refractivity contribution >= 4 is 15.9 Å². The van der Waals surface area contributed by atoms with Crippen LogP contribution in [0.2, 0.25) is 0 Å². The van der Waals surface area contributed by atoms with Crippen LogP contribution in [-0.4, -0.2) is 37.7 Å². The molecule has 0 heterocycles. The maximum atomic E-state index is 6.16. The third-order valence-corrected chi connectivity index (χ3v) is 3.62. The van der Waals surface area contributed by atoms with Gasteiger partial charge in [-0.1, -0.05) is 35.0 Å². The zero-order chi connectivity index (χ0) is 13.5. The highest BCUT2D eigenvalue weighted by Crippen LogP contribution is 2.24. The van der Waals surface area contributed by atoms with Gasteiger partial charge in [-0.3, -0.25) is 4.90 Å². The first kappa shape index (κ1) is 15.6. The van der Waals surface area contributed by atoms with Gasteiger partial charge in [0.15, 0.2) is 0 Å². The van der Waals surface area contributed by atoms with Gasteiger partial charge in [0.25, 0.3) is 0 Å². The largest absolute Gasteiger partial charge is 0.383 e. The highest BCUT2D eigenvalue weighted by molar-refractivity contribution is 9.10. The Labute approximate surface area is 118 Å². The second-order valence-corrected chi connectivity index (χ2v) is 5.39. The van der Waals surface area contributed by atoms with E-state index in [1.54, 1.807) is 7.11 Å². The van der Waals surface area contributed by atoms with E-state index >= 15 is 0 Å². The van der Waals surface area contributed by atoms with Crippen LogP contribution in [0, 0.1) is 0 Å². The van der Waals surface area contributed by atoms with Gasteiger partial charge < -0.3 is 10.5 Å². The van der Waals surface area contributed by atoms with Gasteiger partial charge in [0.2, 0.25) is 0 Å². The highest BCUT2D eigenvalue weighted by atomic mass is 79.9. The smallest absolute Gasteiger partial charge is 0.0589 e. The Bertz CT molecular complexity index is 340. The molecule has 0 aliphatic carbocycles. The van der Waals surface area contributed by atoms with Gasteiger partial charge >= 0.3 is 0 Å². The minimum Gasteiger partial charge on any atom is -0.383 e. The van der Waals surface area contributed by atoms with Crippen molar-refractivity contribution in [2.45, 2.75) is 25.9 Å². The topological polar surface area (TPSA) is 38.5 Å². The summed E-state index contributed by atoms with van der Waals surface area (Å²) in [6, 6.07) is 8.71. The minimum atomic E-state index is 0.0861. The van der Waals surface area contributed by atoms with Gasteiger partial charge in [0.05, 0.1) is 6.61 Å². The molecular formula is C14H23BrN2O. The molecule has 0 fully saturated rings. The standard InChI is InChI=1S/C14H23BrN2O/c1-4-17(9-10-18-3)14(11(2)16)12-5-7-13(15)8-6-12/h5-8,11,14H,4,9-10,16H2,1-3H3. The van der Waals surface area contributed by atoms with Crippen molar-refractivity contribution in [2.75, 3.05) is 26.8 Å². The predicted octanol–water partition coefficient (Wildman–Crippen LogP) is 2.81. The van der Waals surface area contributed by atoms with Crippen molar-refractivity contribution in [1.29, 1.82) is 0 Å². The molecule has 1 rings (SSSR count). The summed E-state index contributed by atoms with van der Waals surface area (Å²) in [6.07, 6.45) is 0. The van der Waals surface area contributed by atoms with E-state index in [4.69, 9.17) is 10.5 Å². The number of nitrogens with zero attached hydrogens (tertiary/aromatic N) is 1. The number of rotatable bonds is 7. The summed E-state index contributed by atoms with van der Waals surface area (Å²) in [7, 11) is 1.73. The zero-order valence-corrected chi connectivity index (χ0v) is 13.0. The number of hydrogen-bond acceptors (Lipinski definition) is 3. The molecule has 1 aromatic carbocycles. The van der Waals surface area contributed by atoms with Crippen molar-refractivity contribution in [1.82, 2.24) is 4.90 Å². The maximum Gasteiger partial charge on any atom is 0.0589 e. The van der Waals surface area contributed by atoms with Gasteiger partial charge in [-0.05, 0) is 31.2 Å². The van der Waals surface area contributed by atoms with Crippen molar-refractivity contribution in [3.05, 3.63) is 34.3 Å². The Morgan fingerprint density at radius 1 is 1.33 bits per heavy atom. The molecule has 0 saturated heterocycles. The van der Waals surface area contributed by atoms with Crippen LogP contribution in [-0.2, 0) is 4.74 Å². The SMILES string of the molecule is CCN(CCOC)C(c1ccc(Br)cc1)C(C)N. The van der Waals surface area contributed by atoms with Gasteiger partial charge in [0, 0.05) is 30.2 Å². The molecule has 18 heavy (non-hydrogen) atoms. The van der Waals surface area contributed by atoms with Crippen molar-refractivity contribution in [3.63, 3.8) is 0 Å². The van der Waals surface area contributed by atoms with Gasteiger partial charge in [-0.15, -0.1) is 0 Å². The molecule has 2 N–H and O–H groups in total. The summed E-state index contributed by atoms with van der Waals surface area (Å²) >= 11 is 3.46. The molecule has 0 spiro atoms. The molecule has 2 atom stereocenters. The second kappa shape index (κ2) is 7.89. The fourth-order valence-corrected chi connectivity index (χ4v) is 2.47. The molecule has 102 valence electrons. The lowest BCUT2D eigenvalue weighted by Crippen LogP contribution is -2.41. The van der Waals surface area contributed by atoms with Crippen LogP contribution in [0.15, 0.2) is 28.7 Å². The summed E-state index contributed by atoms with van der Waals surface area (Å²) in [4.78, 5) is 2.36. The normalized spacial score (nSPS) is 14.8. The average molecular weight is 315 g/mol. The first-order valence-electron chi connectivity index (χ1n) is 6.34. The molecule has 0 aromatic heterocycles. The average Bonchev–Trinajstić information content (AvgIpc) is 2.35. The van der Waals surface area contributed by atoms with E-state index in [9.17, 15) is 0 Å². The molecule has 0 saturated carbocycles. The van der Waals surface area contributed by atoms with E-state index in [1.807, 2.05) is 0 Å². The van der Waals surface area contributed by atoms with Crippen LogP contribution in [0.25, 0.3) is 0 Å². The summed E-state index contributed by atoms with van der Waals surface area (Å²) in [5.74, 6) is 0. The van der Waals surface area contributed by atoms with Crippen LogP contribution in [0.1, 0.15) is 25.5 Å². The van der Waals surface area contributed by atoms with E-state index in [-0.39, 0.29) is 12.1 Å². The van der Waals surface area contributed by atoms with Gasteiger partial charge in [-0.25, -0.2) is 0 Å². The molecular weight excluding hydrogens is 292 g/mol. The number of benzene rings is 1.